The molecule has 0 aliphatic carbocycles. The van der Waals surface area contributed by atoms with Crippen LogP contribution in [0.15, 0.2) is 58.1 Å². The second kappa shape index (κ2) is 9.53. The van der Waals surface area contributed by atoms with Crippen LogP contribution in [0.4, 0.5) is 5.69 Å². The molecule has 26 heavy (non-hydrogen) atoms. The van der Waals surface area contributed by atoms with Gasteiger partial charge in [0.1, 0.15) is 0 Å². The van der Waals surface area contributed by atoms with Gasteiger partial charge in [0.15, 0.2) is 0 Å². The first-order valence-corrected chi connectivity index (χ1v) is 9.56. The quantitative estimate of drug-likeness (QED) is 0.375. The zero-order valence-corrected chi connectivity index (χ0v) is 17.1. The van der Waals surface area contributed by atoms with E-state index in [1.165, 1.54) is 5.56 Å². The summed E-state index contributed by atoms with van der Waals surface area (Å²) in [5, 5.41) is 7.32. The van der Waals surface area contributed by atoms with Crippen molar-refractivity contribution < 1.29 is 4.79 Å². The maximum atomic E-state index is 11.8. The second-order valence-corrected chi connectivity index (χ2v) is 8.12. The zero-order valence-electron chi connectivity index (χ0n) is 15.6. The zero-order chi connectivity index (χ0) is 19.0. The summed E-state index contributed by atoms with van der Waals surface area (Å²) in [7, 11) is 0. The molecule has 0 unspecified atom stereocenters. The summed E-state index contributed by atoms with van der Waals surface area (Å²) >= 11 is 3.41. The number of anilines is 1. The molecule has 2 aromatic rings. The molecule has 4 nitrogen and oxygen atoms in total. The van der Waals surface area contributed by atoms with Gasteiger partial charge in [-0.1, -0.05) is 61.0 Å². The van der Waals surface area contributed by atoms with Crippen LogP contribution in [-0.4, -0.2) is 18.7 Å². The normalized spacial score (nSPS) is 11.5. The smallest absolute Gasteiger partial charge is 0.240 e. The van der Waals surface area contributed by atoms with Crippen LogP contribution in [0, 0.1) is 0 Å². The van der Waals surface area contributed by atoms with E-state index in [0.29, 0.717) is 6.42 Å². The maximum absolute atomic E-state index is 11.8. The second-order valence-electron chi connectivity index (χ2n) is 7.20. The molecule has 0 heterocycles. The highest BCUT2D eigenvalue weighted by Gasteiger charge is 2.12. The van der Waals surface area contributed by atoms with Gasteiger partial charge in [0.05, 0.1) is 6.21 Å². The number of nitrogens with one attached hydrogen (secondary N) is 2. The molecule has 2 N–H and O–H groups in total. The Kier molecular flexibility index (Phi) is 7.39. The van der Waals surface area contributed by atoms with Crippen molar-refractivity contribution in [2.45, 2.75) is 39.0 Å². The molecule has 2 rings (SSSR count). The van der Waals surface area contributed by atoms with Crippen LogP contribution in [0.2, 0.25) is 0 Å². The molecule has 0 bridgehead atoms. The maximum Gasteiger partial charge on any atom is 0.240 e. The van der Waals surface area contributed by atoms with E-state index in [1.54, 1.807) is 6.21 Å². The third-order valence-electron chi connectivity index (χ3n) is 3.93. The predicted octanol–water partition coefficient (Wildman–Crippen LogP) is 5.09. The summed E-state index contributed by atoms with van der Waals surface area (Å²) in [5.41, 5.74) is 6.00. The minimum absolute atomic E-state index is 0.0785. The fraction of sp³-hybridized carbons (Fsp3) is 0.333. The van der Waals surface area contributed by atoms with Crippen molar-refractivity contribution in [3.8, 4) is 0 Å². The van der Waals surface area contributed by atoms with Gasteiger partial charge in [0.2, 0.25) is 5.91 Å². The number of rotatable bonds is 7. The molecule has 1 amide bonds. The van der Waals surface area contributed by atoms with E-state index in [-0.39, 0.29) is 11.3 Å². The minimum atomic E-state index is -0.0785. The molecule has 0 spiro atoms. The topological polar surface area (TPSA) is 53.5 Å². The Morgan fingerprint density at radius 3 is 2.35 bits per heavy atom. The molecule has 0 radical (unpaired) electrons. The summed E-state index contributed by atoms with van der Waals surface area (Å²) in [5.74, 6) is -0.0785. The van der Waals surface area contributed by atoms with Crippen LogP contribution in [-0.2, 0) is 10.2 Å². The lowest BCUT2D eigenvalue weighted by molar-refractivity contribution is -0.121. The summed E-state index contributed by atoms with van der Waals surface area (Å²) in [4.78, 5) is 11.8. The largest absolute Gasteiger partial charge is 0.385 e. The van der Waals surface area contributed by atoms with Crippen molar-refractivity contribution in [2.75, 3.05) is 11.9 Å². The molecule has 0 aliphatic rings. The molecular formula is C21H26BrN3O. The summed E-state index contributed by atoms with van der Waals surface area (Å²) in [6.45, 7) is 7.29. The van der Waals surface area contributed by atoms with Crippen LogP contribution in [0.5, 0.6) is 0 Å². The Hall–Kier alpha value is -2.14. The van der Waals surface area contributed by atoms with Gasteiger partial charge in [-0.3, -0.25) is 4.79 Å². The Bertz CT molecular complexity index is 731. The SMILES string of the molecule is CC(C)(C)c1ccc(/C=N\NC(=O)CCCNc2ccc(Br)cc2)cc1. The van der Waals surface area contributed by atoms with Crippen molar-refractivity contribution in [1.29, 1.82) is 0 Å². The van der Waals surface area contributed by atoms with Gasteiger partial charge in [0.25, 0.3) is 0 Å². The molecule has 0 aliphatic heterocycles. The van der Waals surface area contributed by atoms with E-state index in [2.05, 4.69) is 64.7 Å². The first-order chi connectivity index (χ1) is 12.3. The van der Waals surface area contributed by atoms with Crippen LogP contribution in [0.25, 0.3) is 0 Å². The third-order valence-corrected chi connectivity index (χ3v) is 4.46. The fourth-order valence-electron chi connectivity index (χ4n) is 2.35. The highest BCUT2D eigenvalue weighted by molar-refractivity contribution is 9.10. The van der Waals surface area contributed by atoms with E-state index in [4.69, 9.17) is 0 Å². The average Bonchev–Trinajstić information content (AvgIpc) is 2.60. The van der Waals surface area contributed by atoms with Gasteiger partial charge < -0.3 is 5.32 Å². The number of carbonyl (C=O) groups excluding carboxylic acids is 1. The van der Waals surface area contributed by atoms with Gasteiger partial charge >= 0.3 is 0 Å². The van der Waals surface area contributed by atoms with Gasteiger partial charge in [-0.05, 0) is 47.2 Å². The van der Waals surface area contributed by atoms with E-state index >= 15 is 0 Å². The number of hydrogen-bond donors (Lipinski definition) is 2. The van der Waals surface area contributed by atoms with Crippen LogP contribution in [0.3, 0.4) is 0 Å². The lowest BCUT2D eigenvalue weighted by Crippen LogP contribution is -2.18. The fourth-order valence-corrected chi connectivity index (χ4v) is 2.62. The number of halogens is 1. The first-order valence-electron chi connectivity index (χ1n) is 8.76. The van der Waals surface area contributed by atoms with E-state index < -0.39 is 0 Å². The van der Waals surface area contributed by atoms with Gasteiger partial charge in [-0.2, -0.15) is 5.10 Å². The monoisotopic (exact) mass is 415 g/mol. The summed E-state index contributed by atoms with van der Waals surface area (Å²) in [6.07, 6.45) is 2.85. The number of benzene rings is 2. The molecule has 0 fully saturated rings. The highest BCUT2D eigenvalue weighted by Crippen LogP contribution is 2.21. The summed E-state index contributed by atoms with van der Waals surface area (Å²) in [6, 6.07) is 16.2. The molecule has 0 atom stereocenters. The predicted molar refractivity (Wildman–Crippen MR) is 113 cm³/mol. The molecule has 0 saturated heterocycles. The number of hydrogen-bond acceptors (Lipinski definition) is 3. The van der Waals surface area contributed by atoms with E-state index in [9.17, 15) is 4.79 Å². The lowest BCUT2D eigenvalue weighted by atomic mass is 9.87. The highest BCUT2D eigenvalue weighted by atomic mass is 79.9. The van der Waals surface area contributed by atoms with Crippen LogP contribution >= 0.6 is 15.9 Å². The Balaban J connectivity index is 1.68. The Morgan fingerprint density at radius 1 is 1.08 bits per heavy atom. The van der Waals surface area contributed by atoms with Gasteiger partial charge in [0, 0.05) is 23.1 Å². The molecule has 2 aromatic carbocycles. The standard InChI is InChI=1S/C21H26BrN3O/c1-21(2,3)17-8-6-16(7-9-17)15-24-25-20(26)5-4-14-23-19-12-10-18(22)11-13-19/h6-13,15,23H,4-5,14H2,1-3H3,(H,25,26)/b24-15-. The number of carbonyl (C=O) groups is 1. The first kappa shape index (κ1) is 20.2. The number of nitrogens with zero attached hydrogens (tertiary/aromatic N) is 1. The van der Waals surface area contributed by atoms with Crippen molar-refractivity contribution in [1.82, 2.24) is 5.43 Å². The number of amides is 1. The van der Waals surface area contributed by atoms with Crippen molar-refractivity contribution in [3.63, 3.8) is 0 Å². The Morgan fingerprint density at radius 2 is 1.73 bits per heavy atom. The average molecular weight is 416 g/mol. The lowest BCUT2D eigenvalue weighted by Gasteiger charge is -2.18. The van der Waals surface area contributed by atoms with Crippen molar-refractivity contribution in [2.24, 2.45) is 5.10 Å². The molecule has 0 saturated carbocycles. The van der Waals surface area contributed by atoms with Crippen molar-refractivity contribution in [3.05, 3.63) is 64.1 Å². The Labute approximate surface area is 164 Å². The molecule has 5 heteroatoms. The van der Waals surface area contributed by atoms with E-state index in [0.717, 1.165) is 28.7 Å². The molecular weight excluding hydrogens is 390 g/mol. The molecule has 0 aromatic heterocycles. The third kappa shape index (κ3) is 7.00. The van der Waals surface area contributed by atoms with Crippen molar-refractivity contribution >= 4 is 33.7 Å². The van der Waals surface area contributed by atoms with Gasteiger partial charge in [-0.15, -0.1) is 0 Å². The summed E-state index contributed by atoms with van der Waals surface area (Å²) < 4.78 is 1.05. The van der Waals surface area contributed by atoms with Gasteiger partial charge in [-0.25, -0.2) is 5.43 Å². The minimum Gasteiger partial charge on any atom is -0.385 e. The molecule has 138 valence electrons. The van der Waals surface area contributed by atoms with Crippen LogP contribution < -0.4 is 10.7 Å². The van der Waals surface area contributed by atoms with Crippen LogP contribution in [0.1, 0.15) is 44.7 Å². The van der Waals surface area contributed by atoms with E-state index in [1.807, 2.05) is 36.4 Å². The number of hydrazone groups is 1.